The topological polar surface area (TPSA) is 232 Å². The normalized spacial score (nSPS) is 12.4. The number of anilines is 1. The quantitative estimate of drug-likeness (QED) is 0.0377. The average Bonchev–Trinajstić information content (AvgIpc) is 3.21. The van der Waals surface area contributed by atoms with Gasteiger partial charge in [-0.1, -0.05) is 54.6 Å². The highest BCUT2D eigenvalue weighted by atomic mass is 32.2. The lowest BCUT2D eigenvalue weighted by atomic mass is 10.1. The summed E-state index contributed by atoms with van der Waals surface area (Å²) in [7, 11) is -9.57. The summed E-state index contributed by atoms with van der Waals surface area (Å²) in [5, 5.41) is 37.3. The van der Waals surface area contributed by atoms with E-state index in [-0.39, 0.29) is 34.2 Å². The van der Waals surface area contributed by atoms with Gasteiger partial charge in [-0.25, -0.2) is 0 Å². The number of hydrogen-bond donors (Lipinski definition) is 4. The molecule has 0 aliphatic carbocycles. The fourth-order valence-electron chi connectivity index (χ4n) is 5.51. The first-order valence-electron chi connectivity index (χ1n) is 17.8. The van der Waals surface area contributed by atoms with Crippen molar-refractivity contribution in [2.75, 3.05) is 5.32 Å². The van der Waals surface area contributed by atoms with E-state index >= 15 is 0 Å². The van der Waals surface area contributed by atoms with Crippen molar-refractivity contribution in [1.82, 2.24) is 0 Å². The Bertz CT molecular complexity index is 2950. The SMILES string of the molecule is Cc1cc(N=Nc2ccc(NC(=O)/C=C/c3ccccc3)cc2C)ccc1N=Nc1ccc(/C=C/c2ccc(N=Nc3ccc(O)cc3)cc2S(=O)(=O)O)c(S(=O)(=O)O)c1. The Morgan fingerprint density at radius 2 is 1.00 bits per heavy atom. The maximum atomic E-state index is 12.4. The van der Waals surface area contributed by atoms with Crippen LogP contribution in [-0.4, -0.2) is 37.0 Å². The van der Waals surface area contributed by atoms with E-state index < -0.39 is 30.0 Å². The Morgan fingerprint density at radius 3 is 1.53 bits per heavy atom. The number of phenolic OH excluding ortho intramolecular Hbond substituents is 1. The van der Waals surface area contributed by atoms with Gasteiger partial charge in [0.15, 0.2) is 0 Å². The van der Waals surface area contributed by atoms with Crippen molar-refractivity contribution in [2.45, 2.75) is 23.6 Å². The maximum absolute atomic E-state index is 12.4. The highest BCUT2D eigenvalue weighted by molar-refractivity contribution is 7.86. The van der Waals surface area contributed by atoms with Gasteiger partial charge in [-0.3, -0.25) is 13.9 Å². The summed E-state index contributed by atoms with van der Waals surface area (Å²) >= 11 is 0. The van der Waals surface area contributed by atoms with Gasteiger partial charge in [0, 0.05) is 11.8 Å². The minimum absolute atomic E-state index is 0.00814. The molecule has 0 unspecified atom stereocenters. The molecule has 0 saturated carbocycles. The van der Waals surface area contributed by atoms with Gasteiger partial charge in [-0.2, -0.15) is 47.5 Å². The summed E-state index contributed by atoms with van der Waals surface area (Å²) in [6.45, 7) is 3.64. The zero-order valence-corrected chi connectivity index (χ0v) is 33.4. The van der Waals surface area contributed by atoms with E-state index in [0.29, 0.717) is 34.0 Å². The summed E-state index contributed by atoms with van der Waals surface area (Å²) in [5.41, 5.74) is 5.12. The Hall–Kier alpha value is -7.31. The molecule has 0 fully saturated rings. The zero-order chi connectivity index (χ0) is 42.9. The van der Waals surface area contributed by atoms with Crippen molar-refractivity contribution in [3.05, 3.63) is 161 Å². The average molecular weight is 842 g/mol. The monoisotopic (exact) mass is 841 g/mol. The van der Waals surface area contributed by atoms with Crippen LogP contribution >= 0.6 is 0 Å². The number of aryl methyl sites for hydroxylation is 2. The molecule has 302 valence electrons. The number of rotatable bonds is 13. The van der Waals surface area contributed by atoms with Crippen molar-refractivity contribution in [3.63, 3.8) is 0 Å². The minimum Gasteiger partial charge on any atom is -0.508 e. The molecule has 0 saturated heterocycles. The van der Waals surface area contributed by atoms with E-state index in [1.165, 1.54) is 66.8 Å². The number of nitrogens with zero attached hydrogens (tertiary/aromatic N) is 6. The molecule has 17 heteroatoms. The van der Waals surface area contributed by atoms with Gasteiger partial charge >= 0.3 is 0 Å². The number of nitrogens with one attached hydrogen (secondary N) is 1. The smallest absolute Gasteiger partial charge is 0.295 e. The second-order valence-corrected chi connectivity index (χ2v) is 15.8. The van der Waals surface area contributed by atoms with Crippen LogP contribution in [-0.2, 0) is 25.0 Å². The molecule has 0 aliphatic rings. The predicted molar refractivity (Wildman–Crippen MR) is 229 cm³/mol. The van der Waals surface area contributed by atoms with E-state index in [2.05, 4.69) is 36.0 Å². The second-order valence-electron chi connectivity index (χ2n) is 13.0. The van der Waals surface area contributed by atoms with Crippen LogP contribution in [0.5, 0.6) is 5.75 Å². The van der Waals surface area contributed by atoms with Crippen LogP contribution in [0.25, 0.3) is 18.2 Å². The van der Waals surface area contributed by atoms with E-state index in [1.807, 2.05) is 37.3 Å². The van der Waals surface area contributed by atoms with Gasteiger partial charge in [0.2, 0.25) is 5.91 Å². The van der Waals surface area contributed by atoms with Gasteiger partial charge in [-0.05, 0) is 133 Å². The first kappa shape index (κ1) is 42.3. The van der Waals surface area contributed by atoms with Gasteiger partial charge in [-0.15, -0.1) is 0 Å². The lowest BCUT2D eigenvalue weighted by Gasteiger charge is -2.07. The summed E-state index contributed by atoms with van der Waals surface area (Å²) in [4.78, 5) is 11.3. The van der Waals surface area contributed by atoms with E-state index in [1.54, 1.807) is 49.4 Å². The highest BCUT2D eigenvalue weighted by Crippen LogP contribution is 2.32. The van der Waals surface area contributed by atoms with Crippen molar-refractivity contribution in [3.8, 4) is 5.75 Å². The number of aromatic hydroxyl groups is 1. The standard InChI is InChI=1S/C43H35N7O8S2/c1-28-24-34(44-43(52)23-8-30-6-4-3-5-7-30)17-21-39(28)49-47-35-18-22-40(29(2)25-35)50-48-37-14-12-32(42(27-37)60(56,57)58)10-9-31-11-13-36(26-41(31)59(53,54)55)46-45-33-15-19-38(51)20-16-33/h3-27,51H,1-2H3,(H,44,52)(H,53,54,55)(H,56,57,58)/b10-9+,23-8+,46-45?,49-47?,50-48?. The Labute approximate surface area is 345 Å². The number of azo groups is 3. The van der Waals surface area contributed by atoms with Crippen LogP contribution in [0.1, 0.15) is 27.8 Å². The van der Waals surface area contributed by atoms with Crippen LogP contribution in [0.3, 0.4) is 0 Å². The molecule has 1 amide bonds. The summed E-state index contributed by atoms with van der Waals surface area (Å²) in [6.07, 6.45) is 5.69. The van der Waals surface area contributed by atoms with Gasteiger partial charge in [0.1, 0.15) is 15.5 Å². The van der Waals surface area contributed by atoms with Crippen LogP contribution in [0.2, 0.25) is 0 Å². The second kappa shape index (κ2) is 18.5. The molecule has 6 aromatic rings. The van der Waals surface area contributed by atoms with Crippen molar-refractivity contribution < 1.29 is 35.8 Å². The van der Waals surface area contributed by atoms with Crippen LogP contribution in [0.4, 0.5) is 39.8 Å². The zero-order valence-electron chi connectivity index (χ0n) is 31.8. The molecule has 60 heavy (non-hydrogen) atoms. The van der Waals surface area contributed by atoms with Crippen molar-refractivity contribution in [2.24, 2.45) is 30.7 Å². The third-order valence-corrected chi connectivity index (χ3v) is 10.4. The Balaban J connectivity index is 1.14. The predicted octanol–water partition coefficient (Wildman–Crippen LogP) is 11.6. The molecular formula is C43H35N7O8S2. The number of carbonyl (C=O) groups is 1. The first-order chi connectivity index (χ1) is 28.6. The van der Waals surface area contributed by atoms with Crippen LogP contribution < -0.4 is 5.32 Å². The molecule has 0 aromatic heterocycles. The lowest BCUT2D eigenvalue weighted by Crippen LogP contribution is -2.07. The molecule has 0 heterocycles. The number of phenols is 1. The van der Waals surface area contributed by atoms with E-state index in [0.717, 1.165) is 23.3 Å². The summed E-state index contributed by atoms with van der Waals surface area (Å²) < 4.78 is 69.3. The number of benzene rings is 6. The fourth-order valence-corrected chi connectivity index (χ4v) is 6.92. The molecular weight excluding hydrogens is 807 g/mol. The Kier molecular flexibility index (Phi) is 13.1. The summed E-state index contributed by atoms with van der Waals surface area (Å²) in [5.74, 6) is -0.239. The van der Waals surface area contributed by atoms with Crippen LogP contribution in [0.15, 0.2) is 174 Å². The van der Waals surface area contributed by atoms with Crippen molar-refractivity contribution >= 4 is 84.2 Å². The van der Waals surface area contributed by atoms with Crippen molar-refractivity contribution in [1.29, 1.82) is 0 Å². The Morgan fingerprint density at radius 1 is 0.533 bits per heavy atom. The fraction of sp³-hybridized carbons (Fsp3) is 0.0465. The summed E-state index contributed by atoms with van der Waals surface area (Å²) in [6, 6.07) is 33.4. The maximum Gasteiger partial charge on any atom is 0.295 e. The minimum atomic E-state index is -4.80. The van der Waals surface area contributed by atoms with E-state index in [9.17, 15) is 35.8 Å². The van der Waals surface area contributed by atoms with Gasteiger partial charge < -0.3 is 10.4 Å². The third kappa shape index (κ3) is 11.6. The molecule has 6 aromatic carbocycles. The number of amides is 1. The molecule has 0 atom stereocenters. The lowest BCUT2D eigenvalue weighted by molar-refractivity contribution is -0.111. The number of hydrogen-bond acceptors (Lipinski definition) is 12. The molecule has 0 radical (unpaired) electrons. The molecule has 15 nitrogen and oxygen atoms in total. The number of carbonyl (C=O) groups excluding carboxylic acids is 1. The third-order valence-electron chi connectivity index (χ3n) is 8.54. The highest BCUT2D eigenvalue weighted by Gasteiger charge is 2.18. The molecule has 4 N–H and O–H groups in total. The van der Waals surface area contributed by atoms with E-state index in [4.69, 9.17) is 0 Å². The first-order valence-corrected chi connectivity index (χ1v) is 20.7. The molecule has 6 rings (SSSR count). The molecule has 0 spiro atoms. The van der Waals surface area contributed by atoms with Gasteiger partial charge in [0.05, 0.1) is 34.1 Å². The molecule has 0 bridgehead atoms. The van der Waals surface area contributed by atoms with Crippen LogP contribution in [0, 0.1) is 13.8 Å². The van der Waals surface area contributed by atoms with Gasteiger partial charge in [0.25, 0.3) is 20.2 Å². The molecule has 0 aliphatic heterocycles. The largest absolute Gasteiger partial charge is 0.508 e.